The fourth-order valence-corrected chi connectivity index (χ4v) is 3.28. The summed E-state index contributed by atoms with van der Waals surface area (Å²) in [6, 6.07) is 16.6. The molecule has 27 heavy (non-hydrogen) atoms. The van der Waals surface area contributed by atoms with Gasteiger partial charge in [0.25, 0.3) is 5.91 Å². The van der Waals surface area contributed by atoms with Crippen LogP contribution in [0.1, 0.15) is 10.4 Å². The van der Waals surface area contributed by atoms with Crippen molar-refractivity contribution in [1.29, 1.82) is 0 Å². The van der Waals surface area contributed by atoms with Crippen LogP contribution in [0.25, 0.3) is 11.4 Å². The minimum atomic E-state index is 0.00809. The Kier molecular flexibility index (Phi) is 4.98. The summed E-state index contributed by atoms with van der Waals surface area (Å²) in [5.41, 5.74) is 2.16. The largest absolute Gasteiger partial charge is 0.352 e. The Bertz CT molecular complexity index is 925. The van der Waals surface area contributed by atoms with Crippen molar-refractivity contribution in [2.75, 3.05) is 31.1 Å². The number of anilines is 1. The minimum absolute atomic E-state index is 0.00809. The fourth-order valence-electron chi connectivity index (χ4n) is 3.09. The van der Waals surface area contributed by atoms with Gasteiger partial charge < -0.3 is 9.80 Å². The maximum atomic E-state index is 12.6. The molecule has 4 rings (SSSR count). The monoisotopic (exact) mass is 379 g/mol. The van der Waals surface area contributed by atoms with E-state index in [0.29, 0.717) is 36.8 Å². The maximum Gasteiger partial charge on any atom is 0.254 e. The van der Waals surface area contributed by atoms with E-state index in [-0.39, 0.29) is 5.91 Å². The van der Waals surface area contributed by atoms with Gasteiger partial charge in [0.2, 0.25) is 0 Å². The fraction of sp³-hybridized carbons (Fsp3) is 0.200. The first-order chi connectivity index (χ1) is 13.2. The van der Waals surface area contributed by atoms with E-state index in [1.54, 1.807) is 30.5 Å². The zero-order chi connectivity index (χ0) is 18.6. The number of halogens is 1. The Morgan fingerprint density at radius 3 is 2.41 bits per heavy atom. The van der Waals surface area contributed by atoms with E-state index in [9.17, 15) is 4.79 Å². The quantitative estimate of drug-likeness (QED) is 0.699. The number of pyridine rings is 1. The molecule has 0 bridgehead atoms. The van der Waals surface area contributed by atoms with Crippen LogP contribution in [0.3, 0.4) is 0 Å². The third kappa shape index (κ3) is 3.90. The molecule has 7 heteroatoms. The van der Waals surface area contributed by atoms with Crippen LogP contribution in [0, 0.1) is 0 Å². The van der Waals surface area contributed by atoms with Crippen LogP contribution in [0.2, 0.25) is 5.02 Å². The normalized spacial score (nSPS) is 14.3. The first-order valence-corrected chi connectivity index (χ1v) is 9.13. The van der Waals surface area contributed by atoms with Gasteiger partial charge >= 0.3 is 0 Å². The van der Waals surface area contributed by atoms with E-state index in [4.69, 9.17) is 11.6 Å². The summed E-state index contributed by atoms with van der Waals surface area (Å²) in [4.78, 5) is 20.9. The van der Waals surface area contributed by atoms with E-state index in [1.165, 1.54) is 0 Å². The third-order valence-corrected chi connectivity index (χ3v) is 4.78. The zero-order valence-electron chi connectivity index (χ0n) is 14.6. The molecule has 136 valence electrons. The highest BCUT2D eigenvalue weighted by molar-refractivity contribution is 6.30. The van der Waals surface area contributed by atoms with Gasteiger partial charge in [0.1, 0.15) is 5.69 Å². The van der Waals surface area contributed by atoms with Crippen molar-refractivity contribution in [3.63, 3.8) is 0 Å². The molecule has 0 aliphatic carbocycles. The molecule has 0 spiro atoms. The van der Waals surface area contributed by atoms with Gasteiger partial charge in [0.05, 0.1) is 5.69 Å². The second kappa shape index (κ2) is 7.72. The van der Waals surface area contributed by atoms with Crippen LogP contribution >= 0.6 is 11.6 Å². The van der Waals surface area contributed by atoms with Crippen molar-refractivity contribution in [1.82, 2.24) is 20.1 Å². The Hall–Kier alpha value is -2.99. The molecular weight excluding hydrogens is 362 g/mol. The van der Waals surface area contributed by atoms with Gasteiger partial charge in [-0.1, -0.05) is 23.7 Å². The van der Waals surface area contributed by atoms with Gasteiger partial charge in [-0.15, -0.1) is 10.2 Å². The molecule has 0 unspecified atom stereocenters. The molecule has 1 saturated heterocycles. The molecule has 6 nitrogen and oxygen atoms in total. The molecule has 2 aromatic heterocycles. The number of hydrogen-bond acceptors (Lipinski definition) is 5. The van der Waals surface area contributed by atoms with Crippen molar-refractivity contribution >= 4 is 23.3 Å². The standard InChI is InChI=1S/C20H18ClN5O/c21-16-5-3-4-15(14-16)20(27)26-12-10-25(11-13-26)19-8-7-18(23-24-19)17-6-1-2-9-22-17/h1-9,14H,10-13H2. The molecule has 0 radical (unpaired) electrons. The van der Waals surface area contributed by atoms with Gasteiger partial charge in [-0.05, 0) is 42.5 Å². The molecule has 1 aliphatic rings. The molecule has 0 N–H and O–H groups in total. The maximum absolute atomic E-state index is 12.6. The number of hydrogen-bond donors (Lipinski definition) is 0. The molecular formula is C20H18ClN5O. The lowest BCUT2D eigenvalue weighted by atomic mass is 10.2. The average Bonchev–Trinajstić information content (AvgIpc) is 2.74. The number of benzene rings is 1. The van der Waals surface area contributed by atoms with Gasteiger partial charge in [-0.2, -0.15) is 0 Å². The number of piperazine rings is 1. The van der Waals surface area contributed by atoms with Crippen LogP contribution in [-0.4, -0.2) is 52.2 Å². The smallest absolute Gasteiger partial charge is 0.254 e. The molecule has 0 atom stereocenters. The van der Waals surface area contributed by atoms with E-state index in [1.807, 2.05) is 35.2 Å². The summed E-state index contributed by atoms with van der Waals surface area (Å²) in [5, 5.41) is 9.19. The van der Waals surface area contributed by atoms with Crippen molar-refractivity contribution in [3.8, 4) is 11.4 Å². The van der Waals surface area contributed by atoms with E-state index >= 15 is 0 Å². The molecule has 1 aliphatic heterocycles. The Morgan fingerprint density at radius 2 is 1.74 bits per heavy atom. The summed E-state index contributed by atoms with van der Waals surface area (Å²) >= 11 is 5.99. The Labute approximate surface area is 162 Å². The van der Waals surface area contributed by atoms with E-state index in [0.717, 1.165) is 17.2 Å². The van der Waals surface area contributed by atoms with Crippen LogP contribution in [0.15, 0.2) is 60.8 Å². The first-order valence-electron chi connectivity index (χ1n) is 8.75. The summed E-state index contributed by atoms with van der Waals surface area (Å²) in [6.07, 6.45) is 1.74. The van der Waals surface area contributed by atoms with Crippen LogP contribution in [0.5, 0.6) is 0 Å². The van der Waals surface area contributed by atoms with Crippen LogP contribution in [0.4, 0.5) is 5.82 Å². The third-order valence-electron chi connectivity index (χ3n) is 4.54. The number of carbonyl (C=O) groups is 1. The van der Waals surface area contributed by atoms with E-state index < -0.39 is 0 Å². The van der Waals surface area contributed by atoms with Gasteiger partial charge in [0.15, 0.2) is 5.82 Å². The number of amides is 1. The molecule has 3 heterocycles. The second-order valence-electron chi connectivity index (χ2n) is 6.28. The number of nitrogens with zero attached hydrogens (tertiary/aromatic N) is 5. The SMILES string of the molecule is O=C(c1cccc(Cl)c1)N1CCN(c2ccc(-c3ccccn3)nn2)CC1. The summed E-state index contributed by atoms with van der Waals surface area (Å²) in [5.74, 6) is 0.818. The first kappa shape index (κ1) is 17.4. The Balaban J connectivity index is 1.40. The van der Waals surface area contributed by atoms with Gasteiger partial charge in [-0.3, -0.25) is 9.78 Å². The predicted octanol–water partition coefficient (Wildman–Crippen LogP) is 3.15. The van der Waals surface area contributed by atoms with Crippen molar-refractivity contribution in [3.05, 3.63) is 71.4 Å². The summed E-state index contributed by atoms with van der Waals surface area (Å²) in [7, 11) is 0. The average molecular weight is 380 g/mol. The van der Waals surface area contributed by atoms with Crippen molar-refractivity contribution in [2.24, 2.45) is 0 Å². The van der Waals surface area contributed by atoms with Crippen molar-refractivity contribution in [2.45, 2.75) is 0 Å². The summed E-state index contributed by atoms with van der Waals surface area (Å²) < 4.78 is 0. The molecule has 3 aromatic rings. The van der Waals surface area contributed by atoms with Gasteiger partial charge in [-0.25, -0.2) is 0 Å². The molecule has 1 fully saturated rings. The minimum Gasteiger partial charge on any atom is -0.352 e. The number of rotatable bonds is 3. The molecule has 1 aromatic carbocycles. The highest BCUT2D eigenvalue weighted by atomic mass is 35.5. The lowest BCUT2D eigenvalue weighted by molar-refractivity contribution is 0.0746. The zero-order valence-corrected chi connectivity index (χ0v) is 15.4. The lowest BCUT2D eigenvalue weighted by Gasteiger charge is -2.35. The highest BCUT2D eigenvalue weighted by Crippen LogP contribution is 2.19. The number of aromatic nitrogens is 3. The topological polar surface area (TPSA) is 62.2 Å². The molecule has 0 saturated carbocycles. The molecule has 1 amide bonds. The van der Waals surface area contributed by atoms with Crippen LogP contribution in [-0.2, 0) is 0 Å². The number of carbonyl (C=O) groups excluding carboxylic acids is 1. The second-order valence-corrected chi connectivity index (χ2v) is 6.72. The van der Waals surface area contributed by atoms with Crippen molar-refractivity contribution < 1.29 is 4.79 Å². The van der Waals surface area contributed by atoms with Gasteiger partial charge in [0, 0.05) is 43.0 Å². The Morgan fingerprint density at radius 1 is 0.889 bits per heavy atom. The predicted molar refractivity (Wildman–Crippen MR) is 105 cm³/mol. The highest BCUT2D eigenvalue weighted by Gasteiger charge is 2.23. The van der Waals surface area contributed by atoms with Crippen LogP contribution < -0.4 is 4.90 Å². The summed E-state index contributed by atoms with van der Waals surface area (Å²) in [6.45, 7) is 2.69. The lowest BCUT2D eigenvalue weighted by Crippen LogP contribution is -2.49. The van der Waals surface area contributed by atoms with E-state index in [2.05, 4.69) is 20.1 Å².